The van der Waals surface area contributed by atoms with Crippen molar-refractivity contribution in [2.45, 2.75) is 6.92 Å². The molecule has 2 aromatic heterocycles. The molecule has 20 heavy (non-hydrogen) atoms. The molecule has 0 aromatic carbocycles. The number of fused-ring (bicyclic) bond motifs is 1. The van der Waals surface area contributed by atoms with E-state index in [1.54, 1.807) is 36.8 Å². The Morgan fingerprint density at radius 3 is 2.90 bits per heavy atom. The molecule has 2 aromatic rings. The summed E-state index contributed by atoms with van der Waals surface area (Å²) >= 11 is 0. The van der Waals surface area contributed by atoms with Gasteiger partial charge in [-0.25, -0.2) is 9.78 Å². The molecular formula is C13H15N5O2. The number of carbonyl (C=O) groups is 1. The highest BCUT2D eigenvalue weighted by molar-refractivity contribution is 6.03. The lowest BCUT2D eigenvalue weighted by molar-refractivity contribution is 0.0697. The van der Waals surface area contributed by atoms with Gasteiger partial charge in [-0.1, -0.05) is 0 Å². The minimum atomic E-state index is -1.05. The van der Waals surface area contributed by atoms with E-state index in [0.717, 1.165) is 0 Å². The fraction of sp³-hybridized carbons (Fsp3) is 0.385. The van der Waals surface area contributed by atoms with Gasteiger partial charge in [0.1, 0.15) is 5.56 Å². The van der Waals surface area contributed by atoms with E-state index in [0.29, 0.717) is 23.3 Å². The summed E-state index contributed by atoms with van der Waals surface area (Å²) in [5.41, 5.74) is 1.26. The number of aromatic nitrogens is 3. The third-order valence-corrected chi connectivity index (χ3v) is 3.11. The van der Waals surface area contributed by atoms with Crippen LogP contribution in [-0.4, -0.2) is 39.4 Å². The molecule has 7 heteroatoms. The Kier molecular flexibility index (Phi) is 3.57. The average Bonchev–Trinajstić information content (AvgIpc) is 2.79. The van der Waals surface area contributed by atoms with E-state index < -0.39 is 5.97 Å². The van der Waals surface area contributed by atoms with Gasteiger partial charge >= 0.3 is 5.97 Å². The Hall–Kier alpha value is -2.62. The zero-order valence-electron chi connectivity index (χ0n) is 11.5. The highest BCUT2D eigenvalue weighted by atomic mass is 16.4. The summed E-state index contributed by atoms with van der Waals surface area (Å²) in [4.78, 5) is 17.3. The molecule has 1 atom stereocenters. The van der Waals surface area contributed by atoms with E-state index >= 15 is 0 Å². The molecule has 1 unspecified atom stereocenters. The monoisotopic (exact) mass is 273 g/mol. The summed E-state index contributed by atoms with van der Waals surface area (Å²) < 4.78 is 1.59. The predicted molar refractivity (Wildman–Crippen MR) is 73.5 cm³/mol. The number of aromatic carboxylic acids is 1. The maximum Gasteiger partial charge on any atom is 0.339 e. The number of hydrogen-bond acceptors (Lipinski definition) is 5. The quantitative estimate of drug-likeness (QED) is 0.901. The van der Waals surface area contributed by atoms with Crippen LogP contribution in [0, 0.1) is 17.2 Å². The molecule has 2 rings (SSSR count). The number of aryl methyl sites for hydroxylation is 1. The van der Waals surface area contributed by atoms with Crippen LogP contribution in [-0.2, 0) is 7.05 Å². The Balaban J connectivity index is 2.61. The average molecular weight is 273 g/mol. The first-order valence-corrected chi connectivity index (χ1v) is 6.10. The van der Waals surface area contributed by atoms with E-state index in [-0.39, 0.29) is 11.5 Å². The molecule has 0 fully saturated rings. The normalized spacial score (nSPS) is 12.1. The second-order valence-corrected chi connectivity index (χ2v) is 4.74. The van der Waals surface area contributed by atoms with Gasteiger partial charge in [0.25, 0.3) is 0 Å². The van der Waals surface area contributed by atoms with Crippen molar-refractivity contribution < 1.29 is 9.90 Å². The van der Waals surface area contributed by atoms with Crippen molar-refractivity contribution in [2.75, 3.05) is 18.5 Å². The molecule has 0 bridgehead atoms. The van der Waals surface area contributed by atoms with E-state index in [2.05, 4.69) is 16.2 Å². The van der Waals surface area contributed by atoms with Gasteiger partial charge in [-0.3, -0.25) is 4.68 Å². The van der Waals surface area contributed by atoms with E-state index in [1.165, 1.54) is 6.20 Å². The number of rotatable bonds is 4. The molecule has 0 radical (unpaired) electrons. The number of hydrogen-bond donors (Lipinski definition) is 1. The molecule has 2 heterocycles. The summed E-state index contributed by atoms with van der Waals surface area (Å²) in [5.74, 6) is -1.25. The number of nitriles is 1. The van der Waals surface area contributed by atoms with E-state index in [9.17, 15) is 9.90 Å². The second-order valence-electron chi connectivity index (χ2n) is 4.74. The van der Waals surface area contributed by atoms with Crippen LogP contribution in [0.15, 0.2) is 12.4 Å². The van der Waals surface area contributed by atoms with Crippen LogP contribution >= 0.6 is 0 Å². The second kappa shape index (κ2) is 5.17. The van der Waals surface area contributed by atoms with Gasteiger partial charge in [-0.2, -0.15) is 10.4 Å². The van der Waals surface area contributed by atoms with Crippen molar-refractivity contribution in [2.24, 2.45) is 13.0 Å². The Morgan fingerprint density at radius 2 is 2.30 bits per heavy atom. The molecule has 104 valence electrons. The van der Waals surface area contributed by atoms with Crippen LogP contribution in [0.4, 0.5) is 5.69 Å². The summed E-state index contributed by atoms with van der Waals surface area (Å²) in [6.45, 7) is 2.23. The van der Waals surface area contributed by atoms with E-state index in [1.807, 2.05) is 0 Å². The van der Waals surface area contributed by atoms with Crippen LogP contribution < -0.4 is 4.90 Å². The fourth-order valence-corrected chi connectivity index (χ4v) is 2.19. The smallest absolute Gasteiger partial charge is 0.339 e. The molecular weight excluding hydrogens is 258 g/mol. The topological polar surface area (TPSA) is 95.0 Å². The zero-order valence-corrected chi connectivity index (χ0v) is 11.5. The number of carboxylic acids is 1. The molecule has 0 saturated heterocycles. The third kappa shape index (κ3) is 2.28. The molecule has 0 spiro atoms. The first-order valence-electron chi connectivity index (χ1n) is 6.10. The minimum absolute atomic E-state index is 0.109. The van der Waals surface area contributed by atoms with Gasteiger partial charge in [0.2, 0.25) is 0 Å². The van der Waals surface area contributed by atoms with Gasteiger partial charge in [-0.15, -0.1) is 0 Å². The molecule has 0 aliphatic rings. The summed E-state index contributed by atoms with van der Waals surface area (Å²) in [7, 11) is 3.51. The fourth-order valence-electron chi connectivity index (χ4n) is 2.19. The van der Waals surface area contributed by atoms with Crippen molar-refractivity contribution in [3.63, 3.8) is 0 Å². The lowest BCUT2D eigenvalue weighted by Gasteiger charge is -2.22. The Bertz CT molecular complexity index is 701. The standard InChI is InChI=1S/C13H15N5O2/c1-8(4-14)7-17(2)11-9-6-16-18(3)12(9)15-5-10(11)13(19)20/h5-6,8H,7H2,1-3H3,(H,19,20). The number of nitrogens with zero attached hydrogens (tertiary/aromatic N) is 5. The van der Waals surface area contributed by atoms with Crippen LogP contribution in [0.3, 0.4) is 0 Å². The maximum atomic E-state index is 11.4. The molecule has 0 aliphatic carbocycles. The molecule has 1 N–H and O–H groups in total. The van der Waals surface area contributed by atoms with Crippen molar-refractivity contribution in [3.05, 3.63) is 18.0 Å². The SMILES string of the molecule is CC(C#N)CN(C)c1c(C(=O)O)cnc2c1cnn2C. The lowest BCUT2D eigenvalue weighted by atomic mass is 10.1. The first-order chi connectivity index (χ1) is 9.45. The van der Waals surface area contributed by atoms with Gasteiger partial charge < -0.3 is 10.0 Å². The summed E-state index contributed by atoms with van der Waals surface area (Å²) in [6.07, 6.45) is 2.92. The van der Waals surface area contributed by atoms with Crippen molar-refractivity contribution in [1.82, 2.24) is 14.8 Å². The van der Waals surface area contributed by atoms with Crippen molar-refractivity contribution in [3.8, 4) is 6.07 Å². The Labute approximate surface area is 116 Å². The molecule has 7 nitrogen and oxygen atoms in total. The van der Waals surface area contributed by atoms with E-state index in [4.69, 9.17) is 5.26 Å². The molecule has 0 saturated carbocycles. The van der Waals surface area contributed by atoms with Crippen LogP contribution in [0.1, 0.15) is 17.3 Å². The zero-order chi connectivity index (χ0) is 14.9. The summed E-state index contributed by atoms with van der Waals surface area (Å²) in [5, 5.41) is 23.0. The number of anilines is 1. The first kappa shape index (κ1) is 13.8. The summed E-state index contributed by atoms with van der Waals surface area (Å²) in [6, 6.07) is 2.14. The van der Waals surface area contributed by atoms with Crippen molar-refractivity contribution >= 4 is 22.7 Å². The maximum absolute atomic E-state index is 11.4. The Morgan fingerprint density at radius 1 is 1.60 bits per heavy atom. The van der Waals surface area contributed by atoms with Crippen LogP contribution in [0.25, 0.3) is 11.0 Å². The predicted octanol–water partition coefficient (Wildman–Crippen LogP) is 1.26. The van der Waals surface area contributed by atoms with Crippen LogP contribution in [0.2, 0.25) is 0 Å². The van der Waals surface area contributed by atoms with Crippen LogP contribution in [0.5, 0.6) is 0 Å². The van der Waals surface area contributed by atoms with Crippen molar-refractivity contribution in [1.29, 1.82) is 5.26 Å². The molecule has 0 aliphatic heterocycles. The highest BCUT2D eigenvalue weighted by Crippen LogP contribution is 2.29. The third-order valence-electron chi connectivity index (χ3n) is 3.11. The van der Waals surface area contributed by atoms with Gasteiger partial charge in [0, 0.05) is 26.8 Å². The highest BCUT2D eigenvalue weighted by Gasteiger charge is 2.20. The largest absolute Gasteiger partial charge is 0.478 e. The lowest BCUT2D eigenvalue weighted by Crippen LogP contribution is -2.25. The van der Waals surface area contributed by atoms with Gasteiger partial charge in [0.15, 0.2) is 5.65 Å². The number of pyridine rings is 1. The molecule has 0 amide bonds. The van der Waals surface area contributed by atoms with Gasteiger partial charge in [-0.05, 0) is 6.92 Å². The minimum Gasteiger partial charge on any atom is -0.478 e. The van der Waals surface area contributed by atoms with Gasteiger partial charge in [0.05, 0.1) is 29.3 Å². The number of carboxylic acid groups (broad SMARTS) is 1.